The van der Waals surface area contributed by atoms with E-state index in [0.29, 0.717) is 12.8 Å². The Morgan fingerprint density at radius 1 is 1.54 bits per heavy atom. The molecule has 1 aliphatic heterocycles. The van der Waals surface area contributed by atoms with Gasteiger partial charge in [0, 0.05) is 12.0 Å². The van der Waals surface area contributed by atoms with Crippen molar-refractivity contribution in [2.24, 2.45) is 0 Å². The molecule has 1 fully saturated rings. The maximum absolute atomic E-state index is 11.4. The molecule has 0 aliphatic carbocycles. The zero-order valence-electron chi connectivity index (χ0n) is 8.20. The van der Waals surface area contributed by atoms with Crippen LogP contribution in [0.2, 0.25) is 0 Å². The Bertz CT molecular complexity index is 242. The highest BCUT2D eigenvalue weighted by atomic mass is 16.4. The van der Waals surface area contributed by atoms with E-state index in [1.54, 1.807) is 0 Å². The maximum Gasteiger partial charge on any atom is 0.326 e. The number of hydrogen-bond donors (Lipinski definition) is 1. The van der Waals surface area contributed by atoms with Crippen LogP contribution in [0.25, 0.3) is 0 Å². The lowest BCUT2D eigenvalue weighted by Crippen LogP contribution is -2.49. The van der Waals surface area contributed by atoms with Gasteiger partial charge < -0.3 is 10.0 Å². The van der Waals surface area contributed by atoms with Gasteiger partial charge in [-0.15, -0.1) is 0 Å². The first-order valence-electron chi connectivity index (χ1n) is 4.39. The van der Waals surface area contributed by atoms with E-state index in [1.165, 1.54) is 4.90 Å². The molecular weight excluding hydrogens is 170 g/mol. The van der Waals surface area contributed by atoms with Crippen molar-refractivity contribution in [1.29, 1.82) is 0 Å². The van der Waals surface area contributed by atoms with Crippen molar-refractivity contribution in [1.82, 2.24) is 4.90 Å². The molecule has 1 N–H and O–H groups in total. The summed E-state index contributed by atoms with van der Waals surface area (Å²) in [5, 5.41) is 8.87. The molecule has 1 atom stereocenters. The van der Waals surface area contributed by atoms with Crippen LogP contribution in [0.1, 0.15) is 33.6 Å². The lowest BCUT2D eigenvalue weighted by atomic mass is 10.0. The van der Waals surface area contributed by atoms with Gasteiger partial charge in [-0.05, 0) is 27.2 Å². The zero-order chi connectivity index (χ0) is 10.2. The topological polar surface area (TPSA) is 57.6 Å². The van der Waals surface area contributed by atoms with E-state index in [0.717, 1.165) is 0 Å². The molecule has 13 heavy (non-hydrogen) atoms. The maximum atomic E-state index is 11.4. The fourth-order valence-electron chi connectivity index (χ4n) is 1.76. The Kier molecular flexibility index (Phi) is 2.32. The van der Waals surface area contributed by atoms with Gasteiger partial charge in [-0.2, -0.15) is 0 Å². The first-order chi connectivity index (χ1) is 5.84. The van der Waals surface area contributed by atoms with Gasteiger partial charge in [0.2, 0.25) is 5.91 Å². The number of likely N-dealkylation sites (tertiary alicyclic amines) is 1. The molecule has 0 bridgehead atoms. The lowest BCUT2D eigenvalue weighted by Gasteiger charge is -2.35. The van der Waals surface area contributed by atoms with Crippen LogP contribution in [0, 0.1) is 0 Å². The number of carbonyl (C=O) groups is 2. The summed E-state index contributed by atoms with van der Waals surface area (Å²) in [6.07, 6.45) is 0.791. The number of carboxylic acid groups (broad SMARTS) is 1. The second-order valence-corrected chi connectivity index (χ2v) is 4.33. The normalized spacial score (nSPS) is 23.8. The van der Waals surface area contributed by atoms with Crippen LogP contribution in [0.15, 0.2) is 0 Å². The van der Waals surface area contributed by atoms with Crippen LogP contribution in [-0.4, -0.2) is 33.5 Å². The summed E-state index contributed by atoms with van der Waals surface area (Å²) in [5.74, 6) is -0.958. The van der Waals surface area contributed by atoms with E-state index in [2.05, 4.69) is 0 Å². The second-order valence-electron chi connectivity index (χ2n) is 4.33. The monoisotopic (exact) mass is 185 g/mol. The van der Waals surface area contributed by atoms with Gasteiger partial charge >= 0.3 is 5.97 Å². The molecule has 0 saturated carbocycles. The van der Waals surface area contributed by atoms with Crippen molar-refractivity contribution in [3.63, 3.8) is 0 Å². The third kappa shape index (κ3) is 1.82. The van der Waals surface area contributed by atoms with Gasteiger partial charge in [-0.1, -0.05) is 0 Å². The van der Waals surface area contributed by atoms with E-state index in [1.807, 2.05) is 20.8 Å². The Morgan fingerprint density at radius 2 is 2.08 bits per heavy atom. The molecule has 0 aromatic rings. The molecule has 74 valence electrons. The highest BCUT2D eigenvalue weighted by Crippen LogP contribution is 2.27. The summed E-state index contributed by atoms with van der Waals surface area (Å²) in [5.41, 5.74) is -0.392. The van der Waals surface area contributed by atoms with E-state index in [4.69, 9.17) is 5.11 Å². The molecular formula is C9H15NO3. The summed E-state index contributed by atoms with van der Waals surface area (Å²) in [6.45, 7) is 5.56. The fraction of sp³-hybridized carbons (Fsp3) is 0.778. The summed E-state index contributed by atoms with van der Waals surface area (Å²) in [7, 11) is 0. The summed E-state index contributed by atoms with van der Waals surface area (Å²) in [6, 6.07) is -0.632. The minimum absolute atomic E-state index is 0.0556. The van der Waals surface area contributed by atoms with E-state index >= 15 is 0 Å². The molecule has 1 amide bonds. The average molecular weight is 185 g/mol. The fourth-order valence-corrected chi connectivity index (χ4v) is 1.76. The highest BCUT2D eigenvalue weighted by Gasteiger charge is 2.41. The Labute approximate surface area is 77.5 Å². The molecule has 0 spiro atoms. The summed E-state index contributed by atoms with van der Waals surface area (Å²) >= 11 is 0. The predicted octanol–water partition coefficient (Wildman–Crippen LogP) is 0.861. The third-order valence-electron chi connectivity index (χ3n) is 2.22. The molecule has 0 aromatic carbocycles. The molecule has 4 heteroatoms. The molecule has 1 saturated heterocycles. The zero-order valence-corrected chi connectivity index (χ0v) is 8.20. The van der Waals surface area contributed by atoms with Gasteiger partial charge in [-0.3, -0.25) is 4.79 Å². The molecule has 1 rings (SSSR count). The first kappa shape index (κ1) is 10.0. The van der Waals surface area contributed by atoms with Crippen LogP contribution in [0.4, 0.5) is 0 Å². The second kappa shape index (κ2) is 3.01. The summed E-state index contributed by atoms with van der Waals surface area (Å²) in [4.78, 5) is 23.7. The Balaban J connectivity index is 2.90. The van der Waals surface area contributed by atoms with Gasteiger partial charge in [0.05, 0.1) is 0 Å². The smallest absolute Gasteiger partial charge is 0.326 e. The van der Waals surface area contributed by atoms with E-state index in [9.17, 15) is 9.59 Å². The van der Waals surface area contributed by atoms with Crippen LogP contribution in [0.3, 0.4) is 0 Å². The number of amides is 1. The van der Waals surface area contributed by atoms with Gasteiger partial charge in [0.15, 0.2) is 0 Å². The van der Waals surface area contributed by atoms with Crippen molar-refractivity contribution in [3.05, 3.63) is 0 Å². The number of carboxylic acids is 1. The number of hydrogen-bond acceptors (Lipinski definition) is 2. The van der Waals surface area contributed by atoms with Crippen LogP contribution < -0.4 is 0 Å². The number of carbonyl (C=O) groups excluding carboxylic acids is 1. The highest BCUT2D eigenvalue weighted by molar-refractivity contribution is 5.87. The van der Waals surface area contributed by atoms with Crippen molar-refractivity contribution >= 4 is 11.9 Å². The van der Waals surface area contributed by atoms with Crippen LogP contribution in [-0.2, 0) is 9.59 Å². The standard InChI is InChI=1S/C9H15NO3/c1-9(2,3)10-6(8(12)13)4-5-7(10)11/h6H,4-5H2,1-3H3,(H,12,13)/t6-/m1/s1. The quantitative estimate of drug-likeness (QED) is 0.659. The van der Waals surface area contributed by atoms with Gasteiger partial charge in [0.25, 0.3) is 0 Å². The molecule has 4 nitrogen and oxygen atoms in total. The average Bonchev–Trinajstić information content (AvgIpc) is 2.28. The third-order valence-corrected chi connectivity index (χ3v) is 2.22. The molecule has 1 aliphatic rings. The summed E-state index contributed by atoms with van der Waals surface area (Å²) < 4.78 is 0. The number of aliphatic carboxylic acids is 1. The lowest BCUT2D eigenvalue weighted by molar-refractivity contribution is -0.149. The number of rotatable bonds is 1. The molecule has 0 unspecified atom stereocenters. The van der Waals surface area contributed by atoms with E-state index in [-0.39, 0.29) is 5.91 Å². The molecule has 0 aromatic heterocycles. The van der Waals surface area contributed by atoms with Crippen LogP contribution >= 0.6 is 0 Å². The van der Waals surface area contributed by atoms with Crippen molar-refractivity contribution < 1.29 is 14.7 Å². The van der Waals surface area contributed by atoms with Crippen molar-refractivity contribution in [2.75, 3.05) is 0 Å². The largest absolute Gasteiger partial charge is 0.480 e. The molecule has 1 heterocycles. The minimum atomic E-state index is -0.902. The first-order valence-corrected chi connectivity index (χ1v) is 4.39. The number of nitrogens with zero attached hydrogens (tertiary/aromatic N) is 1. The van der Waals surface area contributed by atoms with Gasteiger partial charge in [-0.25, -0.2) is 4.79 Å². The Hall–Kier alpha value is -1.06. The van der Waals surface area contributed by atoms with Gasteiger partial charge in [0.1, 0.15) is 6.04 Å². The van der Waals surface area contributed by atoms with E-state index < -0.39 is 17.6 Å². The van der Waals surface area contributed by atoms with Crippen molar-refractivity contribution in [3.8, 4) is 0 Å². The SMILES string of the molecule is CC(C)(C)N1C(=O)CC[C@@H]1C(=O)O. The van der Waals surface area contributed by atoms with Crippen molar-refractivity contribution in [2.45, 2.75) is 45.2 Å². The Morgan fingerprint density at radius 3 is 2.38 bits per heavy atom. The predicted molar refractivity (Wildman–Crippen MR) is 47.3 cm³/mol. The minimum Gasteiger partial charge on any atom is -0.480 e. The van der Waals surface area contributed by atoms with Crippen LogP contribution in [0.5, 0.6) is 0 Å². The molecule has 0 radical (unpaired) electrons.